The van der Waals surface area contributed by atoms with Crippen LogP contribution in [0.2, 0.25) is 5.02 Å². The molecule has 0 aliphatic heterocycles. The number of thiophene rings is 1. The number of aliphatic hydroxyl groups is 1. The van der Waals surface area contributed by atoms with Crippen LogP contribution in [0.3, 0.4) is 0 Å². The Bertz CT molecular complexity index is 1240. The highest BCUT2D eigenvalue weighted by molar-refractivity contribution is 7.18. The van der Waals surface area contributed by atoms with Gasteiger partial charge in [0.2, 0.25) is 0 Å². The van der Waals surface area contributed by atoms with E-state index in [2.05, 4.69) is 5.10 Å². The van der Waals surface area contributed by atoms with Gasteiger partial charge < -0.3 is 5.11 Å². The SMILES string of the molecule is CC(C)(O)c1cc(-c2ccc(-c3ccc(F)c(F)c3F)s2)n(-c2ccccc2Cl)n1. The molecule has 2 aromatic heterocycles. The number of para-hydroxylation sites is 1. The zero-order valence-corrected chi connectivity index (χ0v) is 17.5. The molecular weight excluding hydrogens is 433 g/mol. The van der Waals surface area contributed by atoms with E-state index in [1.807, 2.05) is 6.07 Å². The van der Waals surface area contributed by atoms with E-state index in [-0.39, 0.29) is 5.56 Å². The molecule has 4 aromatic rings. The maximum absolute atomic E-state index is 14.2. The van der Waals surface area contributed by atoms with E-state index in [1.165, 1.54) is 17.4 Å². The van der Waals surface area contributed by atoms with Crippen molar-refractivity contribution in [2.75, 3.05) is 0 Å². The highest BCUT2D eigenvalue weighted by atomic mass is 35.5. The van der Waals surface area contributed by atoms with Crippen molar-refractivity contribution in [3.05, 3.63) is 82.8 Å². The summed E-state index contributed by atoms with van der Waals surface area (Å²) in [6.45, 7) is 3.24. The van der Waals surface area contributed by atoms with Crippen molar-refractivity contribution < 1.29 is 18.3 Å². The van der Waals surface area contributed by atoms with Crippen LogP contribution in [0.15, 0.2) is 54.6 Å². The van der Waals surface area contributed by atoms with Gasteiger partial charge in [-0.05, 0) is 56.3 Å². The van der Waals surface area contributed by atoms with Gasteiger partial charge in [-0.1, -0.05) is 23.7 Å². The molecule has 2 aromatic carbocycles. The maximum atomic E-state index is 14.2. The molecule has 0 saturated carbocycles. The number of aromatic nitrogens is 2. The van der Waals surface area contributed by atoms with Gasteiger partial charge in [0.15, 0.2) is 17.5 Å². The van der Waals surface area contributed by atoms with E-state index in [4.69, 9.17) is 11.6 Å². The summed E-state index contributed by atoms with van der Waals surface area (Å²) in [4.78, 5) is 1.12. The molecule has 0 bridgehead atoms. The van der Waals surface area contributed by atoms with E-state index in [0.717, 1.165) is 6.07 Å². The normalized spacial score (nSPS) is 11.8. The molecule has 0 unspecified atom stereocenters. The molecule has 8 heteroatoms. The smallest absolute Gasteiger partial charge is 0.195 e. The standard InChI is InChI=1S/C22H16ClF3N2OS/c1-22(2,29)19-11-16(28(27-19)15-6-4-3-5-13(15)23)18-10-9-17(30-18)12-7-8-14(24)21(26)20(12)25/h3-11,29H,1-2H3. The van der Waals surface area contributed by atoms with Crippen molar-refractivity contribution in [3.63, 3.8) is 0 Å². The first-order valence-electron chi connectivity index (χ1n) is 8.98. The van der Waals surface area contributed by atoms with Crippen LogP contribution in [0.1, 0.15) is 19.5 Å². The van der Waals surface area contributed by atoms with Crippen LogP contribution in [0, 0.1) is 17.5 Å². The minimum atomic E-state index is -1.51. The lowest BCUT2D eigenvalue weighted by molar-refractivity contribution is 0.0734. The molecular formula is C22H16ClF3N2OS. The van der Waals surface area contributed by atoms with Crippen molar-refractivity contribution in [3.8, 4) is 26.7 Å². The van der Waals surface area contributed by atoms with E-state index in [9.17, 15) is 18.3 Å². The summed E-state index contributed by atoms with van der Waals surface area (Å²) in [5.41, 5.74) is 0.425. The average molecular weight is 449 g/mol. The van der Waals surface area contributed by atoms with Gasteiger partial charge in [0.05, 0.1) is 27.0 Å². The summed E-state index contributed by atoms with van der Waals surface area (Å²) >= 11 is 7.54. The first-order valence-corrected chi connectivity index (χ1v) is 10.2. The van der Waals surface area contributed by atoms with Crippen LogP contribution < -0.4 is 0 Å². The van der Waals surface area contributed by atoms with Gasteiger partial charge in [0.25, 0.3) is 0 Å². The second-order valence-electron chi connectivity index (χ2n) is 7.22. The van der Waals surface area contributed by atoms with E-state index in [1.54, 1.807) is 54.9 Å². The van der Waals surface area contributed by atoms with Crippen LogP contribution in [0.4, 0.5) is 13.2 Å². The van der Waals surface area contributed by atoms with Gasteiger partial charge in [-0.3, -0.25) is 0 Å². The first kappa shape index (κ1) is 20.7. The predicted molar refractivity (Wildman–Crippen MR) is 112 cm³/mol. The zero-order valence-electron chi connectivity index (χ0n) is 16.0. The maximum Gasteiger partial charge on any atom is 0.195 e. The van der Waals surface area contributed by atoms with Crippen molar-refractivity contribution >= 4 is 22.9 Å². The van der Waals surface area contributed by atoms with Gasteiger partial charge in [-0.25, -0.2) is 17.9 Å². The summed E-state index contributed by atoms with van der Waals surface area (Å²) in [6.07, 6.45) is 0. The summed E-state index contributed by atoms with van der Waals surface area (Å²) in [7, 11) is 0. The fraction of sp³-hybridized carbons (Fsp3) is 0.136. The van der Waals surface area contributed by atoms with Crippen molar-refractivity contribution in [1.29, 1.82) is 0 Å². The monoisotopic (exact) mass is 448 g/mol. The van der Waals surface area contributed by atoms with Crippen LogP contribution >= 0.6 is 22.9 Å². The molecule has 3 nitrogen and oxygen atoms in total. The highest BCUT2D eigenvalue weighted by Gasteiger charge is 2.25. The number of benzene rings is 2. The molecule has 0 atom stereocenters. The minimum absolute atomic E-state index is 0.0309. The third kappa shape index (κ3) is 3.64. The van der Waals surface area contributed by atoms with Gasteiger partial charge >= 0.3 is 0 Å². The van der Waals surface area contributed by atoms with Crippen molar-refractivity contribution in [1.82, 2.24) is 9.78 Å². The lowest BCUT2D eigenvalue weighted by Crippen LogP contribution is -2.16. The second kappa shape index (κ2) is 7.58. The van der Waals surface area contributed by atoms with Crippen LogP contribution in [-0.2, 0) is 5.60 Å². The molecule has 0 spiro atoms. The number of hydrogen-bond donors (Lipinski definition) is 1. The molecule has 0 aliphatic carbocycles. The van der Waals surface area contributed by atoms with Crippen LogP contribution in [-0.4, -0.2) is 14.9 Å². The Balaban J connectivity index is 1.87. The Labute approximate surface area is 180 Å². The van der Waals surface area contributed by atoms with E-state index < -0.39 is 23.1 Å². The number of halogens is 4. The van der Waals surface area contributed by atoms with Crippen LogP contribution in [0.5, 0.6) is 0 Å². The lowest BCUT2D eigenvalue weighted by Gasteiger charge is -2.13. The lowest BCUT2D eigenvalue weighted by atomic mass is 10.1. The molecule has 0 radical (unpaired) electrons. The summed E-state index contributed by atoms with van der Waals surface area (Å²) in [6, 6.07) is 14.3. The van der Waals surface area contributed by atoms with E-state index in [0.29, 0.717) is 31.9 Å². The Kier molecular flexibility index (Phi) is 5.22. The quantitative estimate of drug-likeness (QED) is 0.359. The summed E-state index contributed by atoms with van der Waals surface area (Å²) in [5.74, 6) is -3.98. The van der Waals surface area contributed by atoms with Gasteiger partial charge in [-0.15, -0.1) is 11.3 Å². The third-order valence-electron chi connectivity index (χ3n) is 4.58. The van der Waals surface area contributed by atoms with Crippen LogP contribution in [0.25, 0.3) is 26.7 Å². The fourth-order valence-corrected chi connectivity index (χ4v) is 4.24. The topological polar surface area (TPSA) is 38.0 Å². The van der Waals surface area contributed by atoms with Gasteiger partial charge in [0, 0.05) is 10.4 Å². The second-order valence-corrected chi connectivity index (χ2v) is 8.71. The van der Waals surface area contributed by atoms with Gasteiger partial charge in [-0.2, -0.15) is 5.10 Å². The molecule has 0 saturated heterocycles. The predicted octanol–water partition coefficient (Wildman–Crippen LogP) is 6.57. The highest BCUT2D eigenvalue weighted by Crippen LogP contribution is 2.39. The molecule has 154 valence electrons. The van der Waals surface area contributed by atoms with Gasteiger partial charge in [0.1, 0.15) is 5.60 Å². The molecule has 30 heavy (non-hydrogen) atoms. The first-order chi connectivity index (χ1) is 14.2. The Hall–Kier alpha value is -2.61. The Morgan fingerprint density at radius 3 is 2.37 bits per heavy atom. The minimum Gasteiger partial charge on any atom is -0.384 e. The third-order valence-corrected chi connectivity index (χ3v) is 6.04. The van der Waals surface area contributed by atoms with Crippen molar-refractivity contribution in [2.24, 2.45) is 0 Å². The molecule has 0 amide bonds. The molecule has 0 fully saturated rings. The van der Waals surface area contributed by atoms with Crippen molar-refractivity contribution in [2.45, 2.75) is 19.4 Å². The summed E-state index contributed by atoms with van der Waals surface area (Å²) < 4.78 is 42.8. The molecule has 1 N–H and O–H groups in total. The largest absolute Gasteiger partial charge is 0.384 e. The Morgan fingerprint density at radius 1 is 0.967 bits per heavy atom. The molecule has 2 heterocycles. The summed E-state index contributed by atoms with van der Waals surface area (Å²) in [5, 5.41) is 15.4. The zero-order chi connectivity index (χ0) is 21.6. The van der Waals surface area contributed by atoms with E-state index >= 15 is 0 Å². The fourth-order valence-electron chi connectivity index (χ4n) is 3.00. The average Bonchev–Trinajstić information content (AvgIpc) is 3.33. The Morgan fingerprint density at radius 2 is 1.67 bits per heavy atom. The molecule has 0 aliphatic rings. The number of nitrogens with zero attached hydrogens (tertiary/aromatic N) is 2. The number of rotatable bonds is 4. The number of hydrogen-bond acceptors (Lipinski definition) is 3. The molecule has 4 rings (SSSR count).